The molecule has 0 bridgehead atoms. The van der Waals surface area contributed by atoms with Crippen LogP contribution in [0.1, 0.15) is 5.56 Å². The van der Waals surface area contributed by atoms with Gasteiger partial charge in [-0.2, -0.15) is 5.10 Å². The van der Waals surface area contributed by atoms with E-state index >= 15 is 0 Å². The zero-order chi connectivity index (χ0) is 8.97. The van der Waals surface area contributed by atoms with Crippen molar-refractivity contribution in [3.8, 4) is 0 Å². The van der Waals surface area contributed by atoms with Crippen molar-refractivity contribution in [3.05, 3.63) is 18.0 Å². The number of aldehydes is 1. The third kappa shape index (κ3) is 2.17. The van der Waals surface area contributed by atoms with Gasteiger partial charge >= 0.3 is 0 Å². The summed E-state index contributed by atoms with van der Waals surface area (Å²) in [5.74, 6) is -0.0748. The Morgan fingerprint density at radius 3 is 3.00 bits per heavy atom. The van der Waals surface area contributed by atoms with Crippen molar-refractivity contribution >= 4 is 6.29 Å². The lowest BCUT2D eigenvalue weighted by Gasteiger charge is -2.02. The van der Waals surface area contributed by atoms with Crippen LogP contribution in [0.2, 0.25) is 0 Å². The molecular formula is C8H13N3O. The average Bonchev–Trinajstić information content (AvgIpc) is 2.47. The number of carbonyl (C=O) groups is 1. The van der Waals surface area contributed by atoms with Crippen LogP contribution in [0.25, 0.3) is 0 Å². The molecule has 4 heteroatoms. The minimum atomic E-state index is -0.0748. The summed E-state index contributed by atoms with van der Waals surface area (Å²) in [5.41, 5.74) is 6.44. The van der Waals surface area contributed by atoms with Crippen LogP contribution >= 0.6 is 0 Å². The fourth-order valence-corrected chi connectivity index (χ4v) is 1.07. The van der Waals surface area contributed by atoms with E-state index in [1.165, 1.54) is 0 Å². The summed E-state index contributed by atoms with van der Waals surface area (Å²) in [6.07, 6.45) is 5.24. The molecule has 66 valence electrons. The fraction of sp³-hybridized carbons (Fsp3) is 0.500. The van der Waals surface area contributed by atoms with Gasteiger partial charge in [-0.15, -0.1) is 0 Å². The number of nitrogens with zero attached hydrogens (tertiary/aromatic N) is 2. The maximum Gasteiger partial charge on any atom is 0.124 e. The molecule has 0 spiro atoms. The molecular weight excluding hydrogens is 154 g/mol. The van der Waals surface area contributed by atoms with E-state index in [1.807, 2.05) is 13.2 Å². The van der Waals surface area contributed by atoms with Crippen LogP contribution in [-0.4, -0.2) is 22.6 Å². The molecule has 0 saturated heterocycles. The summed E-state index contributed by atoms with van der Waals surface area (Å²) in [6.45, 7) is 0.401. The molecule has 0 radical (unpaired) electrons. The van der Waals surface area contributed by atoms with Gasteiger partial charge in [0.1, 0.15) is 6.29 Å². The van der Waals surface area contributed by atoms with Crippen molar-refractivity contribution in [2.45, 2.75) is 6.42 Å². The predicted molar refractivity (Wildman–Crippen MR) is 45.5 cm³/mol. The van der Waals surface area contributed by atoms with E-state index in [9.17, 15) is 4.79 Å². The van der Waals surface area contributed by atoms with Crippen molar-refractivity contribution in [1.82, 2.24) is 9.78 Å². The molecule has 0 fully saturated rings. The van der Waals surface area contributed by atoms with Crippen LogP contribution in [0.3, 0.4) is 0 Å². The first-order valence-electron chi connectivity index (χ1n) is 3.89. The SMILES string of the molecule is Cn1cc(CC(C=O)CN)cn1. The van der Waals surface area contributed by atoms with Crippen LogP contribution in [0.4, 0.5) is 0 Å². The highest BCUT2D eigenvalue weighted by Crippen LogP contribution is 2.03. The van der Waals surface area contributed by atoms with Gasteiger partial charge < -0.3 is 10.5 Å². The summed E-state index contributed by atoms with van der Waals surface area (Å²) in [6, 6.07) is 0. The van der Waals surface area contributed by atoms with Gasteiger partial charge in [-0.25, -0.2) is 0 Å². The number of aryl methyl sites for hydroxylation is 1. The Hall–Kier alpha value is -1.16. The van der Waals surface area contributed by atoms with Crippen LogP contribution in [-0.2, 0) is 18.3 Å². The van der Waals surface area contributed by atoms with Crippen molar-refractivity contribution in [1.29, 1.82) is 0 Å². The Morgan fingerprint density at radius 2 is 2.58 bits per heavy atom. The molecule has 12 heavy (non-hydrogen) atoms. The Morgan fingerprint density at radius 1 is 1.83 bits per heavy atom. The standard InChI is InChI=1S/C8H13N3O/c1-11-5-8(4-10-11)2-7(3-9)6-12/h4-7H,2-3,9H2,1H3. The summed E-state index contributed by atoms with van der Waals surface area (Å²) in [4.78, 5) is 10.4. The molecule has 0 saturated carbocycles. The molecule has 0 aromatic carbocycles. The highest BCUT2D eigenvalue weighted by Gasteiger charge is 2.06. The topological polar surface area (TPSA) is 60.9 Å². The van der Waals surface area contributed by atoms with Gasteiger partial charge in [0.2, 0.25) is 0 Å². The number of carbonyl (C=O) groups excluding carboxylic acids is 1. The molecule has 1 unspecified atom stereocenters. The Bertz CT molecular complexity index is 257. The van der Waals surface area contributed by atoms with Crippen molar-refractivity contribution < 1.29 is 4.79 Å². The van der Waals surface area contributed by atoms with Crippen LogP contribution in [0.5, 0.6) is 0 Å². The lowest BCUT2D eigenvalue weighted by Crippen LogP contribution is -2.17. The molecule has 1 atom stereocenters. The van der Waals surface area contributed by atoms with Gasteiger partial charge in [-0.1, -0.05) is 0 Å². The molecule has 1 aromatic heterocycles. The van der Waals surface area contributed by atoms with E-state index in [-0.39, 0.29) is 5.92 Å². The molecule has 0 aliphatic heterocycles. The van der Waals surface area contributed by atoms with Gasteiger partial charge in [0, 0.05) is 25.7 Å². The molecule has 1 aromatic rings. The van der Waals surface area contributed by atoms with E-state index in [4.69, 9.17) is 5.73 Å². The Kier molecular flexibility index (Phi) is 2.99. The van der Waals surface area contributed by atoms with Gasteiger partial charge in [0.05, 0.1) is 6.20 Å². The summed E-state index contributed by atoms with van der Waals surface area (Å²) in [5, 5.41) is 4.00. The van der Waals surface area contributed by atoms with Crippen LogP contribution in [0.15, 0.2) is 12.4 Å². The lowest BCUT2D eigenvalue weighted by atomic mass is 10.0. The monoisotopic (exact) mass is 167 g/mol. The molecule has 1 rings (SSSR count). The molecule has 1 heterocycles. The Labute approximate surface area is 71.4 Å². The average molecular weight is 167 g/mol. The van der Waals surface area contributed by atoms with Crippen molar-refractivity contribution in [2.24, 2.45) is 18.7 Å². The first-order chi connectivity index (χ1) is 5.76. The normalized spacial score (nSPS) is 12.8. The largest absolute Gasteiger partial charge is 0.330 e. The fourth-order valence-electron chi connectivity index (χ4n) is 1.07. The van der Waals surface area contributed by atoms with Gasteiger partial charge in [0.25, 0.3) is 0 Å². The zero-order valence-corrected chi connectivity index (χ0v) is 7.10. The van der Waals surface area contributed by atoms with Gasteiger partial charge in [0.15, 0.2) is 0 Å². The molecule has 0 amide bonds. The predicted octanol–water partition coefficient (Wildman–Crippen LogP) is -0.264. The third-order valence-electron chi connectivity index (χ3n) is 1.75. The highest BCUT2D eigenvalue weighted by atomic mass is 16.1. The Balaban J connectivity index is 2.56. The minimum Gasteiger partial charge on any atom is -0.330 e. The second kappa shape index (κ2) is 4.01. The second-order valence-corrected chi connectivity index (χ2v) is 2.86. The minimum absolute atomic E-state index is 0.0748. The van der Waals surface area contributed by atoms with Crippen LogP contribution in [0, 0.1) is 5.92 Å². The quantitative estimate of drug-likeness (QED) is 0.628. The number of aromatic nitrogens is 2. The number of nitrogens with two attached hydrogens (primary N) is 1. The van der Waals surface area contributed by atoms with E-state index in [0.29, 0.717) is 13.0 Å². The van der Waals surface area contributed by atoms with E-state index in [2.05, 4.69) is 5.10 Å². The van der Waals surface area contributed by atoms with Crippen molar-refractivity contribution in [2.75, 3.05) is 6.54 Å². The van der Waals surface area contributed by atoms with Gasteiger partial charge in [-0.3, -0.25) is 4.68 Å². The number of rotatable bonds is 4. The molecule has 0 aliphatic rings. The number of hydrogen-bond donors (Lipinski definition) is 1. The summed E-state index contributed by atoms with van der Waals surface area (Å²) in [7, 11) is 1.85. The van der Waals surface area contributed by atoms with E-state index in [0.717, 1.165) is 11.8 Å². The maximum absolute atomic E-state index is 10.4. The summed E-state index contributed by atoms with van der Waals surface area (Å²) >= 11 is 0. The smallest absolute Gasteiger partial charge is 0.124 e. The first kappa shape index (κ1) is 8.93. The van der Waals surface area contributed by atoms with E-state index < -0.39 is 0 Å². The van der Waals surface area contributed by atoms with E-state index in [1.54, 1.807) is 10.9 Å². The lowest BCUT2D eigenvalue weighted by molar-refractivity contribution is -0.110. The maximum atomic E-state index is 10.4. The third-order valence-corrected chi connectivity index (χ3v) is 1.75. The molecule has 0 aliphatic carbocycles. The number of hydrogen-bond acceptors (Lipinski definition) is 3. The van der Waals surface area contributed by atoms with Gasteiger partial charge in [-0.05, 0) is 12.0 Å². The van der Waals surface area contributed by atoms with Crippen molar-refractivity contribution in [3.63, 3.8) is 0 Å². The second-order valence-electron chi connectivity index (χ2n) is 2.86. The van der Waals surface area contributed by atoms with Crippen LogP contribution < -0.4 is 5.73 Å². The molecule has 2 N–H and O–H groups in total. The summed E-state index contributed by atoms with van der Waals surface area (Å²) < 4.78 is 1.72. The highest BCUT2D eigenvalue weighted by molar-refractivity contribution is 5.54. The molecule has 4 nitrogen and oxygen atoms in total. The first-order valence-corrected chi connectivity index (χ1v) is 3.89. The zero-order valence-electron chi connectivity index (χ0n) is 7.10.